The van der Waals surface area contributed by atoms with Crippen molar-refractivity contribution in [3.8, 4) is 11.5 Å². The van der Waals surface area contributed by atoms with Crippen molar-refractivity contribution in [1.82, 2.24) is 10.4 Å². The summed E-state index contributed by atoms with van der Waals surface area (Å²) in [4.78, 5) is 22.4. The molecule has 0 saturated carbocycles. The van der Waals surface area contributed by atoms with Crippen molar-refractivity contribution in [3.05, 3.63) is 62.4 Å². The third kappa shape index (κ3) is 4.87. The van der Waals surface area contributed by atoms with Crippen LogP contribution >= 0.6 is 11.6 Å². The normalized spacial score (nSPS) is 11.4. The predicted octanol–water partition coefficient (Wildman–Crippen LogP) is 4.40. The largest absolute Gasteiger partial charge is 0.453 e. The summed E-state index contributed by atoms with van der Waals surface area (Å²) in [7, 11) is 2.95. The van der Waals surface area contributed by atoms with Crippen molar-refractivity contribution in [2.24, 2.45) is 0 Å². The lowest BCUT2D eigenvalue weighted by atomic mass is 10.1. The van der Waals surface area contributed by atoms with E-state index in [-0.39, 0.29) is 11.8 Å². The number of carbonyl (C=O) groups excluding carboxylic acids is 1. The van der Waals surface area contributed by atoms with Crippen molar-refractivity contribution < 1.29 is 32.0 Å². The minimum absolute atomic E-state index is 0.201. The van der Waals surface area contributed by atoms with Crippen LogP contribution in [0, 0.1) is 15.9 Å². The molecule has 2 aromatic rings. The van der Waals surface area contributed by atoms with Crippen LogP contribution in [0.15, 0.2) is 30.3 Å². The maximum absolute atomic E-state index is 14.1. The Morgan fingerprint density at radius 3 is 2.39 bits per heavy atom. The Hall–Kier alpha value is -2.92. The molecule has 0 atom stereocenters. The zero-order valence-electron chi connectivity index (χ0n) is 14.3. The van der Waals surface area contributed by atoms with E-state index in [1.54, 1.807) is 0 Å². The fraction of sp³-hybridized carbons (Fsp3) is 0.188. The number of hydrogen-bond donors (Lipinski definition) is 1. The van der Waals surface area contributed by atoms with E-state index in [2.05, 4.69) is 5.43 Å². The molecule has 0 saturated heterocycles. The van der Waals surface area contributed by atoms with Gasteiger partial charge in [0.05, 0.1) is 15.5 Å². The highest BCUT2D eigenvalue weighted by atomic mass is 35.5. The van der Waals surface area contributed by atoms with Gasteiger partial charge in [-0.05, 0) is 18.2 Å². The Morgan fingerprint density at radius 1 is 1.25 bits per heavy atom. The van der Waals surface area contributed by atoms with Crippen LogP contribution < -0.4 is 10.2 Å². The molecule has 150 valence electrons. The first kappa shape index (κ1) is 21.4. The van der Waals surface area contributed by atoms with Gasteiger partial charge in [-0.15, -0.1) is 0 Å². The van der Waals surface area contributed by atoms with Gasteiger partial charge in [0.2, 0.25) is 0 Å². The number of ether oxygens (including phenoxy) is 1. The van der Waals surface area contributed by atoms with Gasteiger partial charge >= 0.3 is 6.18 Å². The number of nitro groups is 1. The van der Waals surface area contributed by atoms with Crippen LogP contribution in [0.5, 0.6) is 11.5 Å². The molecular weight excluding hydrogens is 410 g/mol. The van der Waals surface area contributed by atoms with E-state index >= 15 is 0 Å². The maximum atomic E-state index is 14.1. The third-order valence-electron chi connectivity index (χ3n) is 3.28. The molecule has 2 rings (SSSR count). The molecule has 1 amide bonds. The molecule has 0 heterocycles. The summed E-state index contributed by atoms with van der Waals surface area (Å²) in [5, 5.41) is 11.7. The van der Waals surface area contributed by atoms with E-state index in [4.69, 9.17) is 16.3 Å². The quantitative estimate of drug-likeness (QED) is 0.439. The molecule has 0 radical (unpaired) electrons. The monoisotopic (exact) mass is 421 g/mol. The Bertz CT molecular complexity index is 912. The van der Waals surface area contributed by atoms with Gasteiger partial charge in [0.15, 0.2) is 11.6 Å². The molecule has 0 aliphatic carbocycles. The molecule has 28 heavy (non-hydrogen) atoms. The topological polar surface area (TPSA) is 84.7 Å². The van der Waals surface area contributed by atoms with Crippen LogP contribution in [0.3, 0.4) is 0 Å². The maximum Gasteiger partial charge on any atom is 0.416 e. The van der Waals surface area contributed by atoms with Crippen molar-refractivity contribution in [2.45, 2.75) is 6.18 Å². The Morgan fingerprint density at radius 2 is 1.89 bits per heavy atom. The zero-order valence-corrected chi connectivity index (χ0v) is 15.1. The fourth-order valence-corrected chi connectivity index (χ4v) is 2.37. The lowest BCUT2D eigenvalue weighted by molar-refractivity contribution is -0.385. The molecule has 0 aliphatic rings. The average Bonchev–Trinajstić information content (AvgIpc) is 2.56. The summed E-state index contributed by atoms with van der Waals surface area (Å²) in [6, 6.07) is 3.62. The molecule has 0 unspecified atom stereocenters. The number of amides is 1. The fourth-order valence-electron chi connectivity index (χ4n) is 2.12. The second kappa shape index (κ2) is 7.98. The number of hydrazine groups is 1. The minimum atomic E-state index is -4.81. The second-order valence-electron chi connectivity index (χ2n) is 5.64. The van der Waals surface area contributed by atoms with E-state index in [1.807, 2.05) is 0 Å². The molecule has 12 heteroatoms. The SMILES string of the molecule is CN(C)NC(=O)c1cc(Oc2c(F)cc(C(F)(F)F)cc2Cl)ccc1[N+](=O)[O-]. The lowest BCUT2D eigenvalue weighted by Gasteiger charge is -2.14. The molecular formula is C16H12ClF4N3O4. The first-order chi connectivity index (χ1) is 12.9. The molecule has 0 bridgehead atoms. The number of benzene rings is 2. The highest BCUT2D eigenvalue weighted by molar-refractivity contribution is 6.32. The summed E-state index contributed by atoms with van der Waals surface area (Å²) in [5.74, 6) is -3.20. The van der Waals surface area contributed by atoms with Crippen LogP contribution in [-0.2, 0) is 6.18 Å². The van der Waals surface area contributed by atoms with Crippen molar-refractivity contribution in [1.29, 1.82) is 0 Å². The highest BCUT2D eigenvalue weighted by Gasteiger charge is 2.33. The van der Waals surface area contributed by atoms with Crippen LogP contribution in [0.2, 0.25) is 5.02 Å². The van der Waals surface area contributed by atoms with Gasteiger partial charge in [0.1, 0.15) is 11.3 Å². The number of nitro benzene ring substituents is 1. The second-order valence-corrected chi connectivity index (χ2v) is 6.05. The van der Waals surface area contributed by atoms with Gasteiger partial charge in [-0.3, -0.25) is 20.3 Å². The van der Waals surface area contributed by atoms with E-state index < -0.39 is 50.4 Å². The van der Waals surface area contributed by atoms with Crippen molar-refractivity contribution in [2.75, 3.05) is 14.1 Å². The van der Waals surface area contributed by atoms with Gasteiger partial charge in [-0.25, -0.2) is 9.40 Å². The number of nitrogens with one attached hydrogen (secondary N) is 1. The molecule has 0 aromatic heterocycles. The number of hydrogen-bond acceptors (Lipinski definition) is 5. The van der Waals surface area contributed by atoms with Crippen molar-refractivity contribution in [3.63, 3.8) is 0 Å². The van der Waals surface area contributed by atoms with Crippen LogP contribution in [0.1, 0.15) is 15.9 Å². The number of alkyl halides is 3. The third-order valence-corrected chi connectivity index (χ3v) is 3.56. The van der Waals surface area contributed by atoms with Crippen LogP contribution in [0.25, 0.3) is 0 Å². The molecule has 0 fully saturated rings. The number of halogens is 5. The molecule has 0 spiro atoms. The Labute approximate surface area is 160 Å². The molecule has 1 N–H and O–H groups in total. The van der Waals surface area contributed by atoms with E-state index in [0.29, 0.717) is 6.07 Å². The van der Waals surface area contributed by atoms with Gasteiger partial charge in [-0.1, -0.05) is 11.6 Å². The van der Waals surface area contributed by atoms with Gasteiger partial charge in [-0.2, -0.15) is 13.2 Å². The highest BCUT2D eigenvalue weighted by Crippen LogP contribution is 2.39. The number of carbonyl (C=O) groups is 1. The van der Waals surface area contributed by atoms with E-state index in [0.717, 1.165) is 18.2 Å². The molecule has 0 aliphatic heterocycles. The van der Waals surface area contributed by atoms with Gasteiger partial charge in [0, 0.05) is 26.2 Å². The summed E-state index contributed by atoms with van der Waals surface area (Å²) < 4.78 is 57.3. The smallest absolute Gasteiger partial charge is 0.416 e. The van der Waals surface area contributed by atoms with Crippen LogP contribution in [-0.4, -0.2) is 29.9 Å². The van der Waals surface area contributed by atoms with Gasteiger partial charge < -0.3 is 4.74 Å². The van der Waals surface area contributed by atoms with Crippen molar-refractivity contribution >= 4 is 23.2 Å². The summed E-state index contributed by atoms with van der Waals surface area (Å²) in [6.07, 6.45) is -4.81. The summed E-state index contributed by atoms with van der Waals surface area (Å²) >= 11 is 5.68. The zero-order chi connectivity index (χ0) is 21.2. The van der Waals surface area contributed by atoms with E-state index in [1.165, 1.54) is 19.1 Å². The summed E-state index contributed by atoms with van der Waals surface area (Å²) in [6.45, 7) is 0. The standard InChI is InChI=1S/C16H12ClF4N3O4/c1-23(2)22-15(25)10-7-9(3-4-13(10)24(26)27)28-14-11(17)5-8(6-12(14)18)16(19,20)21/h3-7H,1-2H3,(H,22,25). The number of nitrogens with zero attached hydrogens (tertiary/aromatic N) is 2. The van der Waals surface area contributed by atoms with E-state index in [9.17, 15) is 32.5 Å². The Kier molecular flexibility index (Phi) is 6.10. The molecule has 7 nitrogen and oxygen atoms in total. The predicted molar refractivity (Wildman–Crippen MR) is 90.7 cm³/mol. The van der Waals surface area contributed by atoms with Crippen LogP contribution in [0.4, 0.5) is 23.2 Å². The number of rotatable bonds is 5. The van der Waals surface area contributed by atoms with Gasteiger partial charge in [0.25, 0.3) is 11.6 Å². The molecule has 2 aromatic carbocycles. The lowest BCUT2D eigenvalue weighted by Crippen LogP contribution is -2.36. The first-order valence-electron chi connectivity index (χ1n) is 7.41. The Balaban J connectivity index is 2.45. The average molecular weight is 422 g/mol. The minimum Gasteiger partial charge on any atom is -0.453 e. The summed E-state index contributed by atoms with van der Waals surface area (Å²) in [5.41, 5.74) is 0.0399. The first-order valence-corrected chi connectivity index (χ1v) is 7.78.